The Morgan fingerprint density at radius 3 is 2.34 bits per heavy atom. The summed E-state index contributed by atoms with van der Waals surface area (Å²) in [6.45, 7) is 3.03. The molecule has 1 N–H and O–H groups in total. The van der Waals surface area contributed by atoms with E-state index in [1.54, 1.807) is 22.7 Å². The second-order valence-electron chi connectivity index (χ2n) is 7.66. The number of aliphatic hydroxyl groups is 1. The second kappa shape index (κ2) is 7.00. The highest BCUT2D eigenvalue weighted by Crippen LogP contribution is 2.44. The number of amides is 1. The second-order valence-corrected chi connectivity index (χ2v) is 7.66. The minimum absolute atomic E-state index is 0.0624. The molecule has 2 aromatic carbocycles. The fraction of sp³-hybridized carbons (Fsp3) is 0.318. The van der Waals surface area contributed by atoms with Crippen molar-refractivity contribution in [2.75, 3.05) is 19.7 Å². The van der Waals surface area contributed by atoms with Gasteiger partial charge in [0.15, 0.2) is 0 Å². The SMILES string of the molecule is CC(O)c1cn(C2CN(C(=O)OCC3c4ccccc4-c4ccccc43)C2)nn1. The average molecular weight is 390 g/mol. The Morgan fingerprint density at radius 2 is 1.76 bits per heavy atom. The van der Waals surface area contributed by atoms with Gasteiger partial charge in [-0.2, -0.15) is 0 Å². The highest BCUT2D eigenvalue weighted by atomic mass is 16.6. The van der Waals surface area contributed by atoms with Crippen molar-refractivity contribution < 1.29 is 14.6 Å². The first-order valence-electron chi connectivity index (χ1n) is 9.81. The van der Waals surface area contributed by atoms with Crippen molar-refractivity contribution in [2.24, 2.45) is 0 Å². The van der Waals surface area contributed by atoms with Gasteiger partial charge in [0.25, 0.3) is 0 Å². The summed E-state index contributed by atoms with van der Waals surface area (Å²) in [5.41, 5.74) is 5.37. The highest BCUT2D eigenvalue weighted by molar-refractivity contribution is 5.79. The van der Waals surface area contributed by atoms with Crippen LogP contribution in [0.25, 0.3) is 11.1 Å². The van der Waals surface area contributed by atoms with Crippen LogP contribution in [0, 0.1) is 0 Å². The van der Waals surface area contributed by atoms with Crippen molar-refractivity contribution in [1.29, 1.82) is 0 Å². The molecule has 1 aliphatic heterocycles. The molecule has 2 aliphatic rings. The van der Waals surface area contributed by atoms with Gasteiger partial charge in [-0.3, -0.25) is 0 Å². The average Bonchev–Trinajstić information content (AvgIpc) is 3.29. The molecule has 3 aromatic rings. The first-order valence-corrected chi connectivity index (χ1v) is 9.81. The number of benzene rings is 2. The van der Waals surface area contributed by atoms with Crippen LogP contribution in [0.4, 0.5) is 4.79 Å². The van der Waals surface area contributed by atoms with E-state index in [0.717, 1.165) is 0 Å². The van der Waals surface area contributed by atoms with Crippen molar-refractivity contribution >= 4 is 6.09 Å². The standard InChI is InChI=1S/C22H22N4O3/c1-14(27)21-12-26(24-23-21)15-10-25(11-15)22(28)29-13-20-18-8-4-2-6-16(18)17-7-3-5-9-19(17)20/h2-9,12,14-15,20,27H,10-11,13H2,1H3. The summed E-state index contributed by atoms with van der Waals surface area (Å²) in [7, 11) is 0. The number of carbonyl (C=O) groups is 1. The van der Waals surface area contributed by atoms with E-state index in [4.69, 9.17) is 4.74 Å². The number of carbonyl (C=O) groups excluding carboxylic acids is 1. The third-order valence-corrected chi connectivity index (χ3v) is 5.79. The zero-order chi connectivity index (χ0) is 20.0. The van der Waals surface area contributed by atoms with Crippen LogP contribution in [0.5, 0.6) is 0 Å². The maximum Gasteiger partial charge on any atom is 0.409 e. The number of aliphatic hydroxyl groups excluding tert-OH is 1. The maximum atomic E-state index is 12.5. The minimum Gasteiger partial charge on any atom is -0.448 e. The quantitative estimate of drug-likeness (QED) is 0.740. The Kier molecular flexibility index (Phi) is 4.32. The zero-order valence-electron chi connectivity index (χ0n) is 16.1. The highest BCUT2D eigenvalue weighted by Gasteiger charge is 2.35. The molecule has 1 aliphatic carbocycles. The molecule has 0 radical (unpaired) electrons. The number of hydrogen-bond donors (Lipinski definition) is 1. The predicted octanol–water partition coefficient (Wildman–Crippen LogP) is 3.14. The van der Waals surface area contributed by atoms with Gasteiger partial charge in [-0.1, -0.05) is 53.7 Å². The number of nitrogens with zero attached hydrogens (tertiary/aromatic N) is 4. The monoisotopic (exact) mass is 390 g/mol. The van der Waals surface area contributed by atoms with E-state index in [9.17, 15) is 9.90 Å². The van der Waals surface area contributed by atoms with E-state index in [1.807, 2.05) is 24.3 Å². The topological polar surface area (TPSA) is 80.5 Å². The summed E-state index contributed by atoms with van der Waals surface area (Å²) in [6.07, 6.45) is 0.769. The minimum atomic E-state index is -0.651. The van der Waals surface area contributed by atoms with Crippen LogP contribution < -0.4 is 0 Å². The van der Waals surface area contributed by atoms with Crippen LogP contribution in [0.15, 0.2) is 54.7 Å². The molecule has 2 heterocycles. The van der Waals surface area contributed by atoms with Gasteiger partial charge in [-0.05, 0) is 29.2 Å². The summed E-state index contributed by atoms with van der Waals surface area (Å²) < 4.78 is 7.38. The molecule has 5 rings (SSSR count). The van der Waals surface area contributed by atoms with Gasteiger partial charge >= 0.3 is 6.09 Å². The molecule has 1 unspecified atom stereocenters. The number of rotatable bonds is 4. The molecule has 1 atom stereocenters. The lowest BCUT2D eigenvalue weighted by Crippen LogP contribution is -2.51. The third kappa shape index (κ3) is 3.07. The summed E-state index contributed by atoms with van der Waals surface area (Å²) in [6, 6.07) is 16.7. The lowest BCUT2D eigenvalue weighted by molar-refractivity contribution is 0.0519. The molecule has 1 aromatic heterocycles. The zero-order valence-corrected chi connectivity index (χ0v) is 16.1. The van der Waals surface area contributed by atoms with E-state index in [1.165, 1.54) is 22.3 Å². The van der Waals surface area contributed by atoms with Crippen LogP contribution in [0.3, 0.4) is 0 Å². The van der Waals surface area contributed by atoms with E-state index in [2.05, 4.69) is 34.6 Å². The normalized spacial score (nSPS) is 16.8. The van der Waals surface area contributed by atoms with Gasteiger partial charge in [0.2, 0.25) is 0 Å². The molecule has 148 valence electrons. The molecule has 0 saturated carbocycles. The van der Waals surface area contributed by atoms with Crippen molar-refractivity contribution in [3.05, 3.63) is 71.5 Å². The largest absolute Gasteiger partial charge is 0.448 e. The number of ether oxygens (including phenoxy) is 1. The molecule has 1 fully saturated rings. The number of hydrogen-bond acceptors (Lipinski definition) is 5. The number of aromatic nitrogens is 3. The van der Waals surface area contributed by atoms with Crippen molar-refractivity contribution in [3.63, 3.8) is 0 Å². The predicted molar refractivity (Wildman–Crippen MR) is 106 cm³/mol. The van der Waals surface area contributed by atoms with Crippen LogP contribution >= 0.6 is 0 Å². The van der Waals surface area contributed by atoms with Crippen LogP contribution in [0.2, 0.25) is 0 Å². The third-order valence-electron chi connectivity index (χ3n) is 5.79. The first kappa shape index (κ1) is 17.9. The molecule has 7 heteroatoms. The fourth-order valence-corrected chi connectivity index (χ4v) is 4.12. The number of likely N-dealkylation sites (tertiary alicyclic amines) is 1. The lowest BCUT2D eigenvalue weighted by Gasteiger charge is -2.38. The molecule has 0 bridgehead atoms. The van der Waals surface area contributed by atoms with Crippen LogP contribution in [-0.2, 0) is 4.74 Å². The summed E-state index contributed by atoms with van der Waals surface area (Å²) >= 11 is 0. The van der Waals surface area contributed by atoms with Gasteiger partial charge in [0, 0.05) is 19.0 Å². The Balaban J connectivity index is 1.22. The molecule has 1 amide bonds. The Bertz CT molecular complexity index is 1010. The van der Waals surface area contributed by atoms with Crippen molar-refractivity contribution in [2.45, 2.75) is 25.0 Å². The Hall–Kier alpha value is -3.19. The van der Waals surface area contributed by atoms with Crippen LogP contribution in [0.1, 0.15) is 41.8 Å². The fourth-order valence-electron chi connectivity index (χ4n) is 4.12. The molecule has 7 nitrogen and oxygen atoms in total. The smallest absolute Gasteiger partial charge is 0.409 e. The molecule has 1 saturated heterocycles. The van der Waals surface area contributed by atoms with E-state index in [0.29, 0.717) is 25.4 Å². The van der Waals surface area contributed by atoms with Crippen LogP contribution in [-0.4, -0.2) is 50.8 Å². The van der Waals surface area contributed by atoms with E-state index >= 15 is 0 Å². The van der Waals surface area contributed by atoms with Gasteiger partial charge in [0.05, 0.1) is 18.3 Å². The Labute approximate surface area is 168 Å². The van der Waals surface area contributed by atoms with Gasteiger partial charge in [0.1, 0.15) is 12.3 Å². The summed E-state index contributed by atoms with van der Waals surface area (Å²) in [5.74, 6) is 0.0624. The maximum absolute atomic E-state index is 12.5. The van der Waals surface area contributed by atoms with Gasteiger partial charge in [-0.25, -0.2) is 9.48 Å². The molecular weight excluding hydrogens is 368 g/mol. The van der Waals surface area contributed by atoms with E-state index < -0.39 is 6.10 Å². The number of fused-ring (bicyclic) bond motifs is 3. The first-order chi connectivity index (χ1) is 14.1. The molecular formula is C22H22N4O3. The van der Waals surface area contributed by atoms with Gasteiger partial charge in [-0.15, -0.1) is 5.10 Å². The van der Waals surface area contributed by atoms with E-state index in [-0.39, 0.29) is 18.1 Å². The summed E-state index contributed by atoms with van der Waals surface area (Å²) in [5, 5.41) is 17.6. The molecule has 29 heavy (non-hydrogen) atoms. The van der Waals surface area contributed by atoms with Gasteiger partial charge < -0.3 is 14.7 Å². The Morgan fingerprint density at radius 1 is 1.14 bits per heavy atom. The molecule has 0 spiro atoms. The van der Waals surface area contributed by atoms with Crippen molar-refractivity contribution in [3.8, 4) is 11.1 Å². The van der Waals surface area contributed by atoms with Crippen molar-refractivity contribution in [1.82, 2.24) is 19.9 Å². The summed E-state index contributed by atoms with van der Waals surface area (Å²) in [4.78, 5) is 14.2. The lowest BCUT2D eigenvalue weighted by atomic mass is 9.98.